The van der Waals surface area contributed by atoms with E-state index in [-0.39, 0.29) is 5.69 Å². The Balaban J connectivity index is 2.53. The first-order chi connectivity index (χ1) is 7.13. The molecule has 0 aliphatic carbocycles. The third-order valence-electron chi connectivity index (χ3n) is 2.19. The Morgan fingerprint density at radius 1 is 1.60 bits per heavy atom. The number of carboxylic acids is 1. The van der Waals surface area contributed by atoms with Crippen molar-refractivity contribution in [3.8, 4) is 5.75 Å². The maximum absolute atomic E-state index is 10.5. The van der Waals surface area contributed by atoms with E-state index < -0.39 is 5.97 Å². The quantitative estimate of drug-likeness (QED) is 0.807. The van der Waals surface area contributed by atoms with E-state index >= 15 is 0 Å². The number of ether oxygens (including phenoxy) is 1. The molecule has 1 rings (SSSR count). The molecule has 0 radical (unpaired) electrons. The number of pyridine rings is 1. The van der Waals surface area contributed by atoms with Gasteiger partial charge in [-0.1, -0.05) is 20.3 Å². The van der Waals surface area contributed by atoms with E-state index in [1.807, 2.05) is 0 Å². The highest BCUT2D eigenvalue weighted by Gasteiger charge is 2.04. The number of carboxylic acid groups (broad SMARTS) is 1. The third kappa shape index (κ3) is 3.58. The highest BCUT2D eigenvalue weighted by atomic mass is 16.5. The average molecular weight is 209 g/mol. The first-order valence-corrected chi connectivity index (χ1v) is 4.95. The molecule has 0 aromatic carbocycles. The fourth-order valence-corrected chi connectivity index (χ4v) is 0.949. The van der Waals surface area contributed by atoms with Crippen LogP contribution in [0.4, 0.5) is 0 Å². The summed E-state index contributed by atoms with van der Waals surface area (Å²) in [6.45, 7) is 4.82. The summed E-state index contributed by atoms with van der Waals surface area (Å²) in [6.07, 6.45) is 2.49. The van der Waals surface area contributed by atoms with Gasteiger partial charge in [-0.25, -0.2) is 9.78 Å². The van der Waals surface area contributed by atoms with Gasteiger partial charge >= 0.3 is 5.97 Å². The van der Waals surface area contributed by atoms with E-state index in [1.54, 1.807) is 6.07 Å². The second-order valence-corrected chi connectivity index (χ2v) is 3.51. The van der Waals surface area contributed by atoms with Crippen LogP contribution in [0.3, 0.4) is 0 Å². The smallest absolute Gasteiger partial charge is 0.354 e. The SMILES string of the molecule is CCC(C)COc1ccc(C(=O)O)nc1. The molecule has 0 amide bonds. The molecule has 0 saturated heterocycles. The molecule has 0 fully saturated rings. The number of nitrogens with zero attached hydrogens (tertiary/aromatic N) is 1. The summed E-state index contributed by atoms with van der Waals surface area (Å²) < 4.78 is 5.44. The third-order valence-corrected chi connectivity index (χ3v) is 2.19. The Morgan fingerprint density at radius 3 is 2.80 bits per heavy atom. The van der Waals surface area contributed by atoms with Crippen LogP contribution < -0.4 is 4.74 Å². The van der Waals surface area contributed by atoms with E-state index in [0.717, 1.165) is 6.42 Å². The van der Waals surface area contributed by atoms with Gasteiger partial charge in [0.25, 0.3) is 0 Å². The summed E-state index contributed by atoms with van der Waals surface area (Å²) >= 11 is 0. The van der Waals surface area contributed by atoms with Gasteiger partial charge in [-0.05, 0) is 18.1 Å². The summed E-state index contributed by atoms with van der Waals surface area (Å²) in [6, 6.07) is 3.06. The van der Waals surface area contributed by atoms with Crippen LogP contribution in [-0.2, 0) is 0 Å². The van der Waals surface area contributed by atoms with E-state index in [0.29, 0.717) is 18.3 Å². The number of aromatic carboxylic acids is 1. The van der Waals surface area contributed by atoms with Crippen molar-refractivity contribution in [3.05, 3.63) is 24.0 Å². The van der Waals surface area contributed by atoms with E-state index in [2.05, 4.69) is 18.8 Å². The first-order valence-electron chi connectivity index (χ1n) is 4.95. The van der Waals surface area contributed by atoms with E-state index in [9.17, 15) is 4.79 Å². The first kappa shape index (κ1) is 11.5. The van der Waals surface area contributed by atoms with Crippen molar-refractivity contribution in [2.45, 2.75) is 20.3 Å². The minimum absolute atomic E-state index is 0.0332. The summed E-state index contributed by atoms with van der Waals surface area (Å²) in [4.78, 5) is 14.3. The maximum Gasteiger partial charge on any atom is 0.354 e. The minimum Gasteiger partial charge on any atom is -0.492 e. The molecule has 82 valence electrons. The fraction of sp³-hybridized carbons (Fsp3) is 0.455. The van der Waals surface area contributed by atoms with Crippen LogP contribution in [0.25, 0.3) is 0 Å². The van der Waals surface area contributed by atoms with Gasteiger partial charge in [-0.15, -0.1) is 0 Å². The fourth-order valence-electron chi connectivity index (χ4n) is 0.949. The second kappa shape index (κ2) is 5.34. The number of aromatic nitrogens is 1. The van der Waals surface area contributed by atoms with E-state index in [4.69, 9.17) is 9.84 Å². The van der Waals surface area contributed by atoms with E-state index in [1.165, 1.54) is 12.3 Å². The lowest BCUT2D eigenvalue weighted by Gasteiger charge is -2.10. The Morgan fingerprint density at radius 2 is 2.33 bits per heavy atom. The number of rotatable bonds is 5. The normalized spacial score (nSPS) is 12.1. The van der Waals surface area contributed by atoms with Gasteiger partial charge in [0, 0.05) is 0 Å². The topological polar surface area (TPSA) is 59.4 Å². The Labute approximate surface area is 88.9 Å². The molecule has 0 aliphatic rings. The van der Waals surface area contributed by atoms with Gasteiger partial charge in [0.15, 0.2) is 0 Å². The molecule has 1 unspecified atom stereocenters. The van der Waals surface area contributed by atoms with Crippen LogP contribution in [0.15, 0.2) is 18.3 Å². The van der Waals surface area contributed by atoms with Crippen molar-refractivity contribution in [2.75, 3.05) is 6.61 Å². The monoisotopic (exact) mass is 209 g/mol. The molecule has 0 bridgehead atoms. The standard InChI is InChI=1S/C11H15NO3/c1-3-8(2)7-15-9-4-5-10(11(13)14)12-6-9/h4-6,8H,3,7H2,1-2H3,(H,13,14). The highest BCUT2D eigenvalue weighted by molar-refractivity contribution is 5.85. The van der Waals surface area contributed by atoms with Crippen LogP contribution in [0.5, 0.6) is 5.75 Å². The summed E-state index contributed by atoms with van der Waals surface area (Å²) in [5, 5.41) is 8.63. The Hall–Kier alpha value is -1.58. The van der Waals surface area contributed by atoms with Gasteiger partial charge in [0.1, 0.15) is 11.4 Å². The van der Waals surface area contributed by atoms with Crippen LogP contribution in [0.1, 0.15) is 30.8 Å². The van der Waals surface area contributed by atoms with Gasteiger partial charge in [-0.3, -0.25) is 0 Å². The zero-order valence-electron chi connectivity index (χ0n) is 8.93. The van der Waals surface area contributed by atoms with Crippen LogP contribution >= 0.6 is 0 Å². The summed E-state index contributed by atoms with van der Waals surface area (Å²) in [5.74, 6) is 0.0768. The van der Waals surface area contributed by atoms with Crippen molar-refractivity contribution < 1.29 is 14.6 Å². The molecule has 0 saturated carbocycles. The maximum atomic E-state index is 10.5. The van der Waals surface area contributed by atoms with Crippen LogP contribution in [-0.4, -0.2) is 22.7 Å². The average Bonchev–Trinajstić information content (AvgIpc) is 2.26. The molecule has 1 aromatic rings. The minimum atomic E-state index is -1.02. The molecule has 15 heavy (non-hydrogen) atoms. The van der Waals surface area contributed by atoms with Crippen LogP contribution in [0.2, 0.25) is 0 Å². The Bertz CT molecular complexity index is 321. The summed E-state index contributed by atoms with van der Waals surface area (Å²) in [7, 11) is 0. The molecule has 0 aliphatic heterocycles. The number of hydrogen-bond donors (Lipinski definition) is 1. The largest absolute Gasteiger partial charge is 0.492 e. The molecular formula is C11H15NO3. The number of hydrogen-bond acceptors (Lipinski definition) is 3. The van der Waals surface area contributed by atoms with Gasteiger partial charge < -0.3 is 9.84 Å². The zero-order chi connectivity index (χ0) is 11.3. The lowest BCUT2D eigenvalue weighted by atomic mass is 10.1. The van der Waals surface area contributed by atoms with Gasteiger partial charge in [0.2, 0.25) is 0 Å². The van der Waals surface area contributed by atoms with Crippen molar-refractivity contribution >= 4 is 5.97 Å². The van der Waals surface area contributed by atoms with Crippen molar-refractivity contribution in [2.24, 2.45) is 5.92 Å². The molecule has 4 heteroatoms. The molecule has 1 N–H and O–H groups in total. The molecule has 1 aromatic heterocycles. The predicted octanol–water partition coefficient (Wildman–Crippen LogP) is 2.20. The molecule has 4 nitrogen and oxygen atoms in total. The van der Waals surface area contributed by atoms with Crippen molar-refractivity contribution in [1.29, 1.82) is 0 Å². The van der Waals surface area contributed by atoms with Gasteiger partial charge in [0.05, 0.1) is 12.8 Å². The zero-order valence-corrected chi connectivity index (χ0v) is 8.93. The lowest BCUT2D eigenvalue weighted by Crippen LogP contribution is -2.08. The van der Waals surface area contributed by atoms with Crippen molar-refractivity contribution in [1.82, 2.24) is 4.98 Å². The van der Waals surface area contributed by atoms with Crippen molar-refractivity contribution in [3.63, 3.8) is 0 Å². The molecule has 1 atom stereocenters. The highest BCUT2D eigenvalue weighted by Crippen LogP contribution is 2.11. The summed E-state index contributed by atoms with van der Waals surface area (Å²) in [5.41, 5.74) is 0.0332. The predicted molar refractivity (Wildman–Crippen MR) is 56.1 cm³/mol. The van der Waals surface area contributed by atoms with Gasteiger partial charge in [-0.2, -0.15) is 0 Å². The van der Waals surface area contributed by atoms with Crippen LogP contribution in [0, 0.1) is 5.92 Å². The second-order valence-electron chi connectivity index (χ2n) is 3.51. The molecular weight excluding hydrogens is 194 g/mol. The Kier molecular flexibility index (Phi) is 4.09. The lowest BCUT2D eigenvalue weighted by molar-refractivity contribution is 0.0690. The molecule has 0 spiro atoms. The number of carbonyl (C=O) groups is 1. The molecule has 1 heterocycles.